The van der Waals surface area contributed by atoms with Crippen LogP contribution in [0.15, 0.2) is 11.6 Å². The number of rotatable bonds is 3. The third-order valence-electron chi connectivity index (χ3n) is 11.2. The van der Waals surface area contributed by atoms with E-state index in [4.69, 9.17) is 9.47 Å². The van der Waals surface area contributed by atoms with Gasteiger partial charge in [0.25, 0.3) is 0 Å². The summed E-state index contributed by atoms with van der Waals surface area (Å²) in [6, 6.07) is 0. The van der Waals surface area contributed by atoms with Crippen LogP contribution >= 0.6 is 0 Å². The molecule has 0 radical (unpaired) electrons. The number of carbonyl (C=O) groups is 2. The maximum Gasteiger partial charge on any atom is 0.308 e. The van der Waals surface area contributed by atoms with Crippen molar-refractivity contribution in [3.8, 4) is 0 Å². The summed E-state index contributed by atoms with van der Waals surface area (Å²) in [5, 5.41) is 11.4. The Kier molecular flexibility index (Phi) is 6.18. The first-order valence-corrected chi connectivity index (χ1v) is 13.8. The van der Waals surface area contributed by atoms with E-state index in [1.165, 1.54) is 18.9 Å². The minimum Gasteiger partial charge on any atom is -0.462 e. The molecule has 1 saturated heterocycles. The zero-order valence-corrected chi connectivity index (χ0v) is 21.7. The molecule has 11 atom stereocenters. The van der Waals surface area contributed by atoms with Crippen LogP contribution in [0.4, 0.5) is 0 Å². The predicted molar refractivity (Wildman–Crippen MR) is 130 cm³/mol. The zero-order chi connectivity index (χ0) is 24.4. The van der Waals surface area contributed by atoms with Crippen molar-refractivity contribution in [1.29, 1.82) is 0 Å². The Morgan fingerprint density at radius 3 is 2.65 bits per heavy atom. The van der Waals surface area contributed by atoms with Crippen LogP contribution in [0.25, 0.3) is 0 Å². The van der Waals surface area contributed by atoms with E-state index in [-0.39, 0.29) is 58.8 Å². The average molecular weight is 473 g/mol. The molecule has 0 aromatic rings. The van der Waals surface area contributed by atoms with Gasteiger partial charge in [-0.1, -0.05) is 39.3 Å². The highest BCUT2D eigenvalue weighted by atomic mass is 16.5. The monoisotopic (exact) mass is 472 g/mol. The molecule has 0 amide bonds. The summed E-state index contributed by atoms with van der Waals surface area (Å²) >= 11 is 0. The van der Waals surface area contributed by atoms with Crippen LogP contribution in [-0.2, 0) is 19.1 Å². The van der Waals surface area contributed by atoms with Crippen molar-refractivity contribution < 1.29 is 24.2 Å². The zero-order valence-electron chi connectivity index (χ0n) is 21.7. The Bertz CT molecular complexity index is 865. The molecule has 5 aliphatic rings. The van der Waals surface area contributed by atoms with Gasteiger partial charge in [0.1, 0.15) is 12.2 Å². The van der Waals surface area contributed by atoms with Crippen LogP contribution in [0, 0.1) is 46.3 Å². The first kappa shape index (κ1) is 24.3. The number of aliphatic hydroxyl groups is 1. The Balaban J connectivity index is 1.36. The highest BCUT2D eigenvalue weighted by molar-refractivity contribution is 5.72. The Morgan fingerprint density at radius 1 is 1.18 bits per heavy atom. The molecule has 34 heavy (non-hydrogen) atoms. The summed E-state index contributed by atoms with van der Waals surface area (Å²) < 4.78 is 11.5. The number of fused-ring (bicyclic) bond motifs is 5. The molecule has 0 unspecified atom stereocenters. The number of hydrogen-bond acceptors (Lipinski definition) is 5. The lowest BCUT2D eigenvalue weighted by molar-refractivity contribution is -0.168. The van der Waals surface area contributed by atoms with E-state index in [0.717, 1.165) is 51.4 Å². The Morgan fingerprint density at radius 2 is 1.94 bits per heavy atom. The third-order valence-corrected chi connectivity index (χ3v) is 11.2. The smallest absolute Gasteiger partial charge is 0.308 e. The van der Waals surface area contributed by atoms with Crippen LogP contribution in [0.5, 0.6) is 0 Å². The molecule has 5 heteroatoms. The van der Waals surface area contributed by atoms with E-state index in [1.807, 2.05) is 6.92 Å². The van der Waals surface area contributed by atoms with Crippen LogP contribution < -0.4 is 0 Å². The molecule has 5 nitrogen and oxygen atoms in total. The van der Waals surface area contributed by atoms with Crippen molar-refractivity contribution in [2.24, 2.45) is 46.3 Å². The van der Waals surface area contributed by atoms with Crippen LogP contribution in [0.2, 0.25) is 0 Å². The van der Waals surface area contributed by atoms with E-state index in [9.17, 15) is 14.7 Å². The molecule has 5 rings (SSSR count). The lowest BCUT2D eigenvalue weighted by Gasteiger charge is -2.58. The van der Waals surface area contributed by atoms with E-state index >= 15 is 0 Å². The maximum absolute atomic E-state index is 12.3. The van der Waals surface area contributed by atoms with Crippen LogP contribution in [-0.4, -0.2) is 35.4 Å². The van der Waals surface area contributed by atoms with Gasteiger partial charge >= 0.3 is 11.9 Å². The lowest BCUT2D eigenvalue weighted by Crippen LogP contribution is -2.52. The van der Waals surface area contributed by atoms with Crippen molar-refractivity contribution >= 4 is 11.9 Å². The van der Waals surface area contributed by atoms with E-state index in [1.54, 1.807) is 0 Å². The SMILES string of the molecule is CC(=O)O[C@H]1CC[C@@]2(C)C(=CC[C@H]3[C@@H]4C[C@@H](O)[C@H]([C@H](C)[C@H]5CC[C@@H](C)C(=O)O5)[C@@]4(C)CC[C@@H]32)C1. The molecule has 0 aromatic carbocycles. The molecular formula is C29H44O5. The van der Waals surface area contributed by atoms with Gasteiger partial charge in [-0.25, -0.2) is 0 Å². The minimum absolute atomic E-state index is 0.00405. The second-order valence-electron chi connectivity index (χ2n) is 12.9. The minimum atomic E-state index is -0.320. The molecule has 4 fully saturated rings. The van der Waals surface area contributed by atoms with Gasteiger partial charge in [0.15, 0.2) is 0 Å². The number of esters is 2. The highest BCUT2D eigenvalue weighted by Gasteiger charge is 2.62. The summed E-state index contributed by atoms with van der Waals surface area (Å²) in [5.74, 6) is 1.86. The van der Waals surface area contributed by atoms with E-state index in [0.29, 0.717) is 17.8 Å². The fourth-order valence-electron chi connectivity index (χ4n) is 9.42. The predicted octanol–water partition coefficient (Wildman–Crippen LogP) is 5.45. The second-order valence-corrected chi connectivity index (χ2v) is 12.9. The topological polar surface area (TPSA) is 72.8 Å². The first-order chi connectivity index (χ1) is 16.0. The van der Waals surface area contributed by atoms with Crippen molar-refractivity contribution in [2.45, 2.75) is 111 Å². The van der Waals surface area contributed by atoms with E-state index in [2.05, 4.69) is 26.8 Å². The number of hydrogen-bond donors (Lipinski definition) is 1. The standard InChI is InChI=1S/C29H44O5/c1-16-6-9-25(34-27(16)32)17(2)26-24(31)15-23-21-8-7-19-14-20(33-18(3)30)10-12-28(19,4)22(21)11-13-29(23,26)5/h7,16-17,20-26,31H,6,8-15H2,1-5H3/t16-,17-,20+,21-,22+,23+,24-,25-,26+,28+,29+/m1/s1. The normalized spacial score (nSPS) is 49.1. The largest absolute Gasteiger partial charge is 0.462 e. The van der Waals surface area contributed by atoms with Gasteiger partial charge in [-0.15, -0.1) is 0 Å². The highest BCUT2D eigenvalue weighted by Crippen LogP contribution is 2.67. The number of cyclic esters (lactones) is 1. The molecule has 3 saturated carbocycles. The number of aliphatic hydroxyl groups excluding tert-OH is 1. The van der Waals surface area contributed by atoms with E-state index < -0.39 is 0 Å². The molecule has 0 aromatic heterocycles. The molecule has 1 heterocycles. The molecule has 0 bridgehead atoms. The summed E-state index contributed by atoms with van der Waals surface area (Å²) in [6.07, 6.45) is 11.1. The van der Waals surface area contributed by atoms with Gasteiger partial charge in [0.2, 0.25) is 0 Å². The fourth-order valence-corrected chi connectivity index (χ4v) is 9.42. The van der Waals surface area contributed by atoms with Crippen molar-refractivity contribution in [2.75, 3.05) is 0 Å². The molecule has 190 valence electrons. The number of allylic oxidation sites excluding steroid dienone is 1. The Labute approximate surface area is 205 Å². The van der Waals surface area contributed by atoms with Crippen LogP contribution in [0.1, 0.15) is 92.4 Å². The third kappa shape index (κ3) is 3.76. The summed E-state index contributed by atoms with van der Waals surface area (Å²) in [4.78, 5) is 23.8. The molecular weight excluding hydrogens is 428 g/mol. The summed E-state index contributed by atoms with van der Waals surface area (Å²) in [7, 11) is 0. The molecule has 0 spiro atoms. The second kappa shape index (κ2) is 8.64. The quantitative estimate of drug-likeness (QED) is 0.437. The van der Waals surface area contributed by atoms with Gasteiger partial charge in [0, 0.05) is 13.3 Å². The Hall–Kier alpha value is -1.36. The molecule has 1 N–H and O–H groups in total. The van der Waals surface area contributed by atoms with Gasteiger partial charge in [-0.05, 0) is 91.8 Å². The summed E-state index contributed by atoms with van der Waals surface area (Å²) in [5.41, 5.74) is 1.78. The molecule has 1 aliphatic heterocycles. The van der Waals surface area contributed by atoms with Crippen molar-refractivity contribution in [1.82, 2.24) is 0 Å². The van der Waals surface area contributed by atoms with Gasteiger partial charge in [0.05, 0.1) is 12.0 Å². The average Bonchev–Trinajstić information content (AvgIpc) is 3.05. The van der Waals surface area contributed by atoms with Gasteiger partial charge < -0.3 is 14.6 Å². The molecule has 4 aliphatic carbocycles. The van der Waals surface area contributed by atoms with Crippen LogP contribution in [0.3, 0.4) is 0 Å². The fraction of sp³-hybridized carbons (Fsp3) is 0.862. The number of ether oxygens (including phenoxy) is 2. The van der Waals surface area contributed by atoms with Crippen molar-refractivity contribution in [3.63, 3.8) is 0 Å². The number of carbonyl (C=O) groups excluding carboxylic acids is 2. The van der Waals surface area contributed by atoms with Gasteiger partial charge in [-0.3, -0.25) is 9.59 Å². The van der Waals surface area contributed by atoms with Gasteiger partial charge in [-0.2, -0.15) is 0 Å². The maximum atomic E-state index is 12.3. The summed E-state index contributed by atoms with van der Waals surface area (Å²) in [6.45, 7) is 10.6. The first-order valence-electron chi connectivity index (χ1n) is 13.8. The van der Waals surface area contributed by atoms with Crippen molar-refractivity contribution in [3.05, 3.63) is 11.6 Å². The lowest BCUT2D eigenvalue weighted by atomic mass is 9.47.